The van der Waals surface area contributed by atoms with E-state index in [0.717, 1.165) is 28.1 Å². The third-order valence-corrected chi connectivity index (χ3v) is 4.85. The topological polar surface area (TPSA) is 89.2 Å². The highest BCUT2D eigenvalue weighted by Gasteiger charge is 2.12. The predicted octanol–water partition coefficient (Wildman–Crippen LogP) is 3.54. The van der Waals surface area contributed by atoms with E-state index in [-0.39, 0.29) is 11.7 Å². The van der Waals surface area contributed by atoms with Crippen LogP contribution in [0.15, 0.2) is 55.1 Å². The molecular weight excluding hydrogens is 378 g/mol. The summed E-state index contributed by atoms with van der Waals surface area (Å²) in [7, 11) is 0. The summed E-state index contributed by atoms with van der Waals surface area (Å²) in [6.45, 7) is 5.79. The fourth-order valence-corrected chi connectivity index (χ4v) is 3.31. The number of imidazole rings is 1. The molecule has 0 aliphatic rings. The number of carbonyl (C=O) groups excluding carboxylic acids is 2. The van der Waals surface area contributed by atoms with Crippen LogP contribution in [0.4, 0.5) is 0 Å². The molecule has 0 fully saturated rings. The molecule has 7 nitrogen and oxygen atoms in total. The Morgan fingerprint density at radius 1 is 1.07 bits per heavy atom. The number of nitrogens with zero attached hydrogens (tertiary/aromatic N) is 4. The van der Waals surface area contributed by atoms with Crippen molar-refractivity contribution < 1.29 is 9.59 Å². The Kier molecular flexibility index (Phi) is 5.10. The van der Waals surface area contributed by atoms with Crippen LogP contribution >= 0.6 is 0 Å². The minimum Gasteiger partial charge on any atom is -0.347 e. The normalized spacial score (nSPS) is 10.9. The minimum atomic E-state index is -0.283. The third-order valence-electron chi connectivity index (χ3n) is 4.85. The van der Waals surface area contributed by atoms with Gasteiger partial charge in [0.25, 0.3) is 5.91 Å². The van der Waals surface area contributed by atoms with Crippen LogP contribution in [0.1, 0.15) is 44.6 Å². The number of hydrogen-bond acceptors (Lipinski definition) is 5. The Bertz CT molecular complexity index is 1280. The van der Waals surface area contributed by atoms with Gasteiger partial charge in [0.2, 0.25) is 0 Å². The molecule has 0 aliphatic carbocycles. The summed E-state index contributed by atoms with van der Waals surface area (Å²) >= 11 is 0. The molecule has 0 saturated heterocycles. The first-order valence-electron chi connectivity index (χ1n) is 9.57. The van der Waals surface area contributed by atoms with E-state index in [1.165, 1.54) is 6.92 Å². The van der Waals surface area contributed by atoms with Gasteiger partial charge < -0.3 is 9.72 Å². The van der Waals surface area contributed by atoms with Crippen molar-refractivity contribution in [2.75, 3.05) is 0 Å². The van der Waals surface area contributed by atoms with Gasteiger partial charge in [-0.1, -0.05) is 6.07 Å². The molecule has 4 aromatic rings. The largest absolute Gasteiger partial charge is 0.347 e. The van der Waals surface area contributed by atoms with Gasteiger partial charge in [0.05, 0.1) is 5.69 Å². The molecule has 0 atom stereocenters. The lowest BCUT2D eigenvalue weighted by Crippen LogP contribution is -2.23. The Labute approximate surface area is 173 Å². The SMILES string of the molecule is CC(=O)c1ccc2nc(C(=O)NCc3cnc(-c4ccnc(C)c4)c(C)c3)cn2c1. The number of aromatic nitrogens is 4. The molecule has 0 unspecified atom stereocenters. The lowest BCUT2D eigenvalue weighted by molar-refractivity contribution is 0.0945. The van der Waals surface area contributed by atoms with Gasteiger partial charge in [-0.2, -0.15) is 0 Å². The lowest BCUT2D eigenvalue weighted by atomic mass is 10.1. The molecule has 7 heteroatoms. The van der Waals surface area contributed by atoms with E-state index in [1.54, 1.807) is 41.3 Å². The molecule has 0 saturated carbocycles. The van der Waals surface area contributed by atoms with Crippen molar-refractivity contribution in [1.82, 2.24) is 24.7 Å². The number of amides is 1. The van der Waals surface area contributed by atoms with Gasteiger partial charge in [0.15, 0.2) is 5.78 Å². The van der Waals surface area contributed by atoms with Crippen molar-refractivity contribution in [1.29, 1.82) is 0 Å². The molecule has 0 aliphatic heterocycles. The van der Waals surface area contributed by atoms with Crippen LogP contribution < -0.4 is 5.32 Å². The maximum absolute atomic E-state index is 12.5. The molecule has 1 N–H and O–H groups in total. The van der Waals surface area contributed by atoms with E-state index in [9.17, 15) is 9.59 Å². The summed E-state index contributed by atoms with van der Waals surface area (Å²) < 4.78 is 1.68. The highest BCUT2D eigenvalue weighted by molar-refractivity contribution is 5.95. The summed E-state index contributed by atoms with van der Waals surface area (Å²) in [4.78, 5) is 37.2. The molecule has 0 radical (unpaired) electrons. The molecule has 0 spiro atoms. The van der Waals surface area contributed by atoms with Crippen molar-refractivity contribution in [3.05, 3.63) is 83.2 Å². The number of carbonyl (C=O) groups is 2. The Morgan fingerprint density at radius 3 is 2.63 bits per heavy atom. The number of ketones is 1. The van der Waals surface area contributed by atoms with Gasteiger partial charge in [-0.25, -0.2) is 4.98 Å². The van der Waals surface area contributed by atoms with E-state index in [1.807, 2.05) is 32.0 Å². The molecule has 4 heterocycles. The van der Waals surface area contributed by atoms with Crippen molar-refractivity contribution >= 4 is 17.3 Å². The monoisotopic (exact) mass is 399 g/mol. The second-order valence-electron chi connectivity index (χ2n) is 7.24. The number of nitrogens with one attached hydrogen (secondary N) is 1. The van der Waals surface area contributed by atoms with Crippen LogP contribution in [-0.2, 0) is 6.54 Å². The summed E-state index contributed by atoms with van der Waals surface area (Å²) in [6, 6.07) is 9.37. The van der Waals surface area contributed by atoms with E-state index in [0.29, 0.717) is 23.4 Å². The molecule has 4 rings (SSSR count). The zero-order chi connectivity index (χ0) is 21.3. The van der Waals surface area contributed by atoms with Crippen LogP contribution in [-0.4, -0.2) is 31.0 Å². The lowest BCUT2D eigenvalue weighted by Gasteiger charge is -2.09. The van der Waals surface area contributed by atoms with Gasteiger partial charge in [0.1, 0.15) is 11.3 Å². The smallest absolute Gasteiger partial charge is 0.271 e. The summed E-state index contributed by atoms with van der Waals surface area (Å²) in [5, 5.41) is 2.88. The fraction of sp³-hybridized carbons (Fsp3) is 0.174. The van der Waals surface area contributed by atoms with Crippen LogP contribution in [0.5, 0.6) is 0 Å². The minimum absolute atomic E-state index is 0.0372. The molecule has 4 aromatic heterocycles. The molecular formula is C23H21N5O2. The number of aryl methyl sites for hydroxylation is 2. The van der Waals surface area contributed by atoms with E-state index < -0.39 is 0 Å². The predicted molar refractivity (Wildman–Crippen MR) is 113 cm³/mol. The van der Waals surface area contributed by atoms with Gasteiger partial charge in [-0.15, -0.1) is 0 Å². The van der Waals surface area contributed by atoms with Crippen molar-refractivity contribution in [2.24, 2.45) is 0 Å². The molecule has 1 amide bonds. The highest BCUT2D eigenvalue weighted by atomic mass is 16.2. The first kappa shape index (κ1) is 19.4. The first-order valence-corrected chi connectivity index (χ1v) is 9.57. The quantitative estimate of drug-likeness (QED) is 0.519. The van der Waals surface area contributed by atoms with Gasteiger partial charge in [-0.05, 0) is 56.2 Å². The average molecular weight is 399 g/mol. The van der Waals surface area contributed by atoms with E-state index >= 15 is 0 Å². The fourth-order valence-electron chi connectivity index (χ4n) is 3.31. The van der Waals surface area contributed by atoms with Gasteiger partial charge >= 0.3 is 0 Å². The second-order valence-corrected chi connectivity index (χ2v) is 7.24. The van der Waals surface area contributed by atoms with Crippen LogP contribution in [0.3, 0.4) is 0 Å². The standard InChI is InChI=1S/C23H21N5O2/c1-14-8-17(10-25-22(14)18-6-7-24-15(2)9-18)11-26-23(30)20-13-28-12-19(16(3)29)4-5-21(28)27-20/h4-10,12-13H,11H2,1-3H3,(H,26,30). The molecule has 30 heavy (non-hydrogen) atoms. The Balaban J connectivity index is 1.48. The zero-order valence-corrected chi connectivity index (χ0v) is 17.0. The first-order chi connectivity index (χ1) is 14.4. The summed E-state index contributed by atoms with van der Waals surface area (Å²) in [6.07, 6.45) is 6.83. The maximum Gasteiger partial charge on any atom is 0.271 e. The van der Waals surface area contributed by atoms with Crippen molar-refractivity contribution in [3.63, 3.8) is 0 Å². The zero-order valence-electron chi connectivity index (χ0n) is 17.0. The second kappa shape index (κ2) is 7.87. The number of hydrogen-bond donors (Lipinski definition) is 1. The number of fused-ring (bicyclic) bond motifs is 1. The molecule has 0 aromatic carbocycles. The Morgan fingerprint density at radius 2 is 1.90 bits per heavy atom. The van der Waals surface area contributed by atoms with Crippen LogP contribution in [0.25, 0.3) is 16.9 Å². The summed E-state index contributed by atoms with van der Waals surface area (Å²) in [5.41, 5.74) is 6.26. The molecule has 0 bridgehead atoms. The average Bonchev–Trinajstić information content (AvgIpc) is 3.15. The summed E-state index contributed by atoms with van der Waals surface area (Å²) in [5.74, 6) is -0.320. The van der Waals surface area contributed by atoms with Crippen molar-refractivity contribution in [2.45, 2.75) is 27.3 Å². The van der Waals surface area contributed by atoms with Crippen LogP contribution in [0, 0.1) is 13.8 Å². The number of pyridine rings is 3. The third kappa shape index (κ3) is 3.96. The van der Waals surface area contributed by atoms with E-state index in [4.69, 9.17) is 0 Å². The van der Waals surface area contributed by atoms with E-state index in [2.05, 4.69) is 20.3 Å². The van der Waals surface area contributed by atoms with Gasteiger partial charge in [0, 0.05) is 48.2 Å². The maximum atomic E-state index is 12.5. The highest BCUT2D eigenvalue weighted by Crippen LogP contribution is 2.21. The van der Waals surface area contributed by atoms with Gasteiger partial charge in [-0.3, -0.25) is 19.6 Å². The number of Topliss-reactive ketones (excluding diaryl/α,β-unsaturated/α-hetero) is 1. The van der Waals surface area contributed by atoms with Crippen LogP contribution in [0.2, 0.25) is 0 Å². The van der Waals surface area contributed by atoms with Crippen molar-refractivity contribution in [3.8, 4) is 11.3 Å². The Hall–Kier alpha value is -3.87. The molecule has 150 valence electrons. The number of rotatable bonds is 5.